The molecule has 0 saturated heterocycles. The van der Waals surface area contributed by atoms with Crippen LogP contribution < -0.4 is 10.2 Å². The largest absolute Gasteiger partial charge is 0.321 e. The summed E-state index contributed by atoms with van der Waals surface area (Å²) in [6.45, 7) is 1.87. The van der Waals surface area contributed by atoms with Crippen molar-refractivity contribution >= 4 is 44.5 Å². The molecular formula is C22H19N3OS. The molecular weight excluding hydrogens is 354 g/mol. The summed E-state index contributed by atoms with van der Waals surface area (Å²) in [5.74, 6) is -0.130. The molecule has 0 aliphatic carbocycles. The molecule has 0 fully saturated rings. The summed E-state index contributed by atoms with van der Waals surface area (Å²) in [6, 6.07) is 23.9. The number of carbonyl (C=O) groups excluding carboxylic acids is 1. The van der Waals surface area contributed by atoms with Gasteiger partial charge in [0.2, 0.25) is 0 Å². The minimum Gasteiger partial charge on any atom is -0.321 e. The Morgan fingerprint density at radius 2 is 1.67 bits per heavy atom. The zero-order valence-corrected chi connectivity index (χ0v) is 16.0. The van der Waals surface area contributed by atoms with E-state index in [1.807, 2.05) is 91.7 Å². The molecule has 4 aromatic rings. The highest BCUT2D eigenvalue weighted by Crippen LogP contribution is 2.31. The van der Waals surface area contributed by atoms with Gasteiger partial charge in [-0.2, -0.15) is 0 Å². The van der Waals surface area contributed by atoms with Crippen molar-refractivity contribution < 1.29 is 4.79 Å². The number of nitrogens with zero attached hydrogens (tertiary/aromatic N) is 2. The van der Waals surface area contributed by atoms with Crippen molar-refractivity contribution in [1.82, 2.24) is 4.98 Å². The van der Waals surface area contributed by atoms with Gasteiger partial charge in [-0.05, 0) is 30.5 Å². The number of anilines is 3. The number of aromatic nitrogens is 1. The highest BCUT2D eigenvalue weighted by molar-refractivity contribution is 7.17. The van der Waals surface area contributed by atoms with E-state index < -0.39 is 0 Å². The van der Waals surface area contributed by atoms with Crippen LogP contribution in [0.3, 0.4) is 0 Å². The Balaban J connectivity index is 1.62. The maximum Gasteiger partial charge on any atom is 0.267 e. The SMILES string of the molecule is Cc1nc(N(C)c2ccccc2)sc1C(=O)Nc1cccc2ccccc12. The van der Waals surface area contributed by atoms with Crippen molar-refractivity contribution in [3.8, 4) is 0 Å². The van der Waals surface area contributed by atoms with Gasteiger partial charge in [-0.3, -0.25) is 4.79 Å². The predicted molar refractivity (Wildman–Crippen MR) is 113 cm³/mol. The summed E-state index contributed by atoms with van der Waals surface area (Å²) in [6.07, 6.45) is 0. The first-order valence-corrected chi connectivity index (χ1v) is 9.50. The molecule has 27 heavy (non-hydrogen) atoms. The number of amides is 1. The zero-order valence-electron chi connectivity index (χ0n) is 15.1. The van der Waals surface area contributed by atoms with Crippen LogP contribution in [0.1, 0.15) is 15.4 Å². The summed E-state index contributed by atoms with van der Waals surface area (Å²) in [5.41, 5.74) is 2.58. The lowest BCUT2D eigenvalue weighted by Crippen LogP contribution is -2.11. The molecule has 3 aromatic carbocycles. The normalized spacial score (nSPS) is 10.7. The van der Waals surface area contributed by atoms with Crippen LogP contribution in [0.4, 0.5) is 16.5 Å². The van der Waals surface area contributed by atoms with Gasteiger partial charge in [-0.25, -0.2) is 4.98 Å². The van der Waals surface area contributed by atoms with Gasteiger partial charge in [0.15, 0.2) is 5.13 Å². The summed E-state index contributed by atoms with van der Waals surface area (Å²) >= 11 is 1.40. The van der Waals surface area contributed by atoms with Crippen LogP contribution in [0.5, 0.6) is 0 Å². The van der Waals surface area contributed by atoms with E-state index in [1.54, 1.807) is 0 Å². The quantitative estimate of drug-likeness (QED) is 0.504. The molecule has 1 N–H and O–H groups in total. The van der Waals surface area contributed by atoms with E-state index >= 15 is 0 Å². The Labute approximate surface area is 162 Å². The van der Waals surface area contributed by atoms with Crippen LogP contribution in [-0.4, -0.2) is 17.9 Å². The number of aryl methyl sites for hydroxylation is 1. The van der Waals surface area contributed by atoms with Crippen LogP contribution in [0, 0.1) is 6.92 Å². The molecule has 0 aliphatic heterocycles. The highest BCUT2D eigenvalue weighted by Gasteiger charge is 2.18. The molecule has 0 bridgehead atoms. The minimum absolute atomic E-state index is 0.130. The lowest BCUT2D eigenvalue weighted by molar-refractivity contribution is 0.103. The molecule has 0 saturated carbocycles. The maximum absolute atomic E-state index is 12.9. The summed E-state index contributed by atoms with van der Waals surface area (Å²) < 4.78 is 0. The van der Waals surface area contributed by atoms with Gasteiger partial charge in [0, 0.05) is 23.8 Å². The first-order chi connectivity index (χ1) is 13.1. The molecule has 0 spiro atoms. The molecule has 1 aromatic heterocycles. The zero-order chi connectivity index (χ0) is 18.8. The fourth-order valence-electron chi connectivity index (χ4n) is 3.01. The van der Waals surface area contributed by atoms with Crippen molar-refractivity contribution in [3.05, 3.63) is 83.4 Å². The fraction of sp³-hybridized carbons (Fsp3) is 0.0909. The molecule has 4 nitrogen and oxygen atoms in total. The second-order valence-electron chi connectivity index (χ2n) is 6.29. The third-order valence-corrected chi connectivity index (χ3v) is 5.69. The van der Waals surface area contributed by atoms with Gasteiger partial charge in [-0.1, -0.05) is 65.9 Å². The van der Waals surface area contributed by atoms with Gasteiger partial charge in [0.25, 0.3) is 5.91 Å². The first kappa shape index (κ1) is 17.2. The average molecular weight is 373 g/mol. The Morgan fingerprint density at radius 3 is 2.48 bits per heavy atom. The van der Waals surface area contributed by atoms with Crippen LogP contribution >= 0.6 is 11.3 Å². The van der Waals surface area contributed by atoms with E-state index in [9.17, 15) is 4.79 Å². The minimum atomic E-state index is -0.130. The average Bonchev–Trinajstić information content (AvgIpc) is 3.10. The van der Waals surface area contributed by atoms with E-state index in [4.69, 9.17) is 0 Å². The highest BCUT2D eigenvalue weighted by atomic mass is 32.1. The predicted octanol–water partition coefficient (Wildman–Crippen LogP) is 5.62. The molecule has 0 aliphatic rings. The van der Waals surface area contributed by atoms with Crippen molar-refractivity contribution in [2.24, 2.45) is 0 Å². The summed E-state index contributed by atoms with van der Waals surface area (Å²) in [5, 5.41) is 5.96. The molecule has 0 unspecified atom stereocenters. The van der Waals surface area contributed by atoms with E-state index in [0.717, 1.165) is 33.0 Å². The summed E-state index contributed by atoms with van der Waals surface area (Å²) in [7, 11) is 1.96. The van der Waals surface area contributed by atoms with Gasteiger partial charge in [0.05, 0.1) is 5.69 Å². The van der Waals surface area contributed by atoms with Gasteiger partial charge in [-0.15, -0.1) is 0 Å². The van der Waals surface area contributed by atoms with E-state index in [-0.39, 0.29) is 5.91 Å². The molecule has 5 heteroatoms. The standard InChI is InChI=1S/C22H19N3OS/c1-15-20(27-22(23-15)25(2)17-11-4-3-5-12-17)21(26)24-19-14-8-10-16-9-6-7-13-18(16)19/h3-14H,1-2H3,(H,24,26). The first-order valence-electron chi connectivity index (χ1n) is 8.69. The lowest BCUT2D eigenvalue weighted by atomic mass is 10.1. The van der Waals surface area contributed by atoms with Crippen molar-refractivity contribution in [2.45, 2.75) is 6.92 Å². The Bertz CT molecular complexity index is 1100. The number of hydrogen-bond acceptors (Lipinski definition) is 4. The maximum atomic E-state index is 12.9. The van der Waals surface area contributed by atoms with Gasteiger partial charge in [0.1, 0.15) is 4.88 Å². The molecule has 4 rings (SSSR count). The van der Waals surface area contributed by atoms with Crippen LogP contribution in [0.15, 0.2) is 72.8 Å². The van der Waals surface area contributed by atoms with Crippen LogP contribution in [-0.2, 0) is 0 Å². The van der Waals surface area contributed by atoms with Gasteiger partial charge < -0.3 is 10.2 Å². The lowest BCUT2D eigenvalue weighted by Gasteiger charge is -2.15. The van der Waals surface area contributed by atoms with Gasteiger partial charge >= 0.3 is 0 Å². The number of carbonyl (C=O) groups is 1. The van der Waals surface area contributed by atoms with Crippen molar-refractivity contribution in [3.63, 3.8) is 0 Å². The van der Waals surface area contributed by atoms with E-state index in [0.29, 0.717) is 4.88 Å². The third-order valence-electron chi connectivity index (χ3n) is 4.46. The summed E-state index contributed by atoms with van der Waals surface area (Å²) in [4.78, 5) is 20.1. The smallest absolute Gasteiger partial charge is 0.267 e. The third kappa shape index (κ3) is 3.41. The molecule has 0 atom stereocenters. The molecule has 1 heterocycles. The molecule has 134 valence electrons. The molecule has 1 amide bonds. The second kappa shape index (κ2) is 7.21. The Hall–Kier alpha value is -3.18. The Kier molecular flexibility index (Phi) is 4.60. The number of fused-ring (bicyclic) bond motifs is 1. The number of hydrogen-bond donors (Lipinski definition) is 1. The molecule has 0 radical (unpaired) electrons. The second-order valence-corrected chi connectivity index (χ2v) is 7.26. The Morgan fingerprint density at radius 1 is 0.963 bits per heavy atom. The number of thiazole rings is 1. The number of rotatable bonds is 4. The van der Waals surface area contributed by atoms with Crippen LogP contribution in [0.2, 0.25) is 0 Å². The number of nitrogens with one attached hydrogen (secondary N) is 1. The monoisotopic (exact) mass is 373 g/mol. The van der Waals surface area contributed by atoms with E-state index in [2.05, 4.69) is 10.3 Å². The van der Waals surface area contributed by atoms with Crippen LogP contribution in [0.25, 0.3) is 10.8 Å². The van der Waals surface area contributed by atoms with Crippen molar-refractivity contribution in [1.29, 1.82) is 0 Å². The van der Waals surface area contributed by atoms with E-state index in [1.165, 1.54) is 11.3 Å². The van der Waals surface area contributed by atoms with Crippen molar-refractivity contribution in [2.75, 3.05) is 17.3 Å². The fourth-order valence-corrected chi connectivity index (χ4v) is 3.96. The number of benzene rings is 3. The number of para-hydroxylation sites is 1. The topological polar surface area (TPSA) is 45.2 Å².